The molecule has 0 nitrogen and oxygen atoms in total. The second-order valence-electron chi connectivity index (χ2n) is 9.80. The molecule has 0 amide bonds. The van der Waals surface area contributed by atoms with E-state index in [4.69, 9.17) is 22.4 Å². The van der Waals surface area contributed by atoms with Crippen molar-refractivity contribution in [1.29, 1.82) is 0 Å². The summed E-state index contributed by atoms with van der Waals surface area (Å²) in [5, 5.41) is 0. The Morgan fingerprint density at radius 1 is 0.0342 bits per heavy atom. The van der Waals surface area contributed by atoms with Crippen molar-refractivity contribution >= 4 is 1300 Å². The van der Waals surface area contributed by atoms with E-state index < -0.39 is 0 Å². The Hall–Kier alpha value is 32.1. The summed E-state index contributed by atoms with van der Waals surface area (Å²) in [5.74, 6) is 0. The molecule has 0 aromatic rings. The average molecular weight is 4680 g/mol. The summed E-state index contributed by atoms with van der Waals surface area (Å²) >= 11 is 9.67. The summed E-state index contributed by atoms with van der Waals surface area (Å²) in [4.78, 5) is 0. The quantitative estimate of drug-likeness (QED) is 0.326. The predicted octanol–water partition coefficient (Wildman–Crippen LogP) is -0.350. The predicted molar refractivity (Wildman–Crippen MR) is 1080 cm³/mol. The molecule has 0 aliphatic rings. The summed E-state index contributed by atoms with van der Waals surface area (Å²) in [7, 11) is 262. The zero-order chi connectivity index (χ0) is 104. The molecule has 0 saturated heterocycles. The van der Waals surface area contributed by atoms with E-state index in [2.05, 4.69) is 0 Å². The zero-order valence-corrected chi connectivity index (χ0v) is 179. The van der Waals surface area contributed by atoms with Gasteiger partial charge in [-0.1, -0.05) is 0 Å². The molecule has 146 heavy (non-hydrogen) atoms. The van der Waals surface area contributed by atoms with Gasteiger partial charge < -0.3 is 0 Å². The SMILES string of the molecule is S=S=S=S=S=S=S=S=S=S=S=S=S=S=S=S=S=S=S=S=S=S=S=S=S=S=S=S=S=S=S=S=S=S=S=S=S=S=S=S=S=S=S=S=S=S=S=S=S=S=S=S=S=S=S=S=S=S=S=S=S=S=S=S=S=S=S=S=S=S=S=S=S=S=S=S=S=S=S=S=S=S=S=S=S=S=S=S=S=S=S=S=S=S=S=S=S=S=S=S=S=S=S=S=S=S=S=S=S=S=S=S=S=S=S=S=S=S=S=S=S=S=S=S=S=S=S=S=S=S=S=S=S=S=S=S=S=S=S=S=S=S=S=S=S=S. The third-order valence-electron chi connectivity index (χ3n) is 3.97. The smallest absolute Gasteiger partial charge is 0 e. The largest absolute Gasteiger partial charge is 0 e. The van der Waals surface area contributed by atoms with Gasteiger partial charge in [-0.25, -0.2) is 0 Å². The average Bonchev–Trinajstić information content (AvgIpc) is 1.11. The van der Waals surface area contributed by atoms with E-state index in [1.807, 2.05) is 1150 Å². The van der Waals surface area contributed by atoms with E-state index >= 15 is 0 Å². The highest BCUT2D eigenvalue weighted by atomic mass is 33.6. The normalized spacial score (nSPS) is 7.92. The Morgan fingerprint density at radius 3 is 0.0753 bits per heavy atom. The molecule has 0 N–H and O–H groups in total. The molecule has 146 heteroatoms. The van der Waals surface area contributed by atoms with Crippen molar-refractivity contribution in [1.82, 2.24) is 0 Å². The van der Waals surface area contributed by atoms with Gasteiger partial charge in [-0.3, -0.25) is 0 Å². The summed E-state index contributed by atoms with van der Waals surface area (Å²) < 4.78 is 0. The van der Waals surface area contributed by atoms with Crippen LogP contribution in [0.3, 0.4) is 0 Å². The first-order chi connectivity index (χ1) is 72.9. The fraction of sp³-hybridized carbons (Fsp3) is 0. The zero-order valence-electron chi connectivity index (χ0n) is 59.6. The van der Waals surface area contributed by atoms with Gasteiger partial charge in [0.15, 0.2) is 0 Å². The molecule has 876 valence electrons. The molecule has 0 aromatic carbocycles. The highest BCUT2D eigenvalue weighted by Gasteiger charge is 1.55. The fourth-order valence-corrected chi connectivity index (χ4v) is 391. The van der Waals surface area contributed by atoms with Crippen LogP contribution in [0.4, 0.5) is 0 Å². The minimum absolute atomic E-state index is 1.37. The van der Waals surface area contributed by atoms with Crippen molar-refractivity contribution in [2.75, 3.05) is 0 Å². The monoisotopic (exact) mass is 4670 g/mol. The Morgan fingerprint density at radius 2 is 0.0548 bits per heavy atom. The van der Waals surface area contributed by atoms with Gasteiger partial charge in [0.2, 0.25) is 0 Å². The first kappa shape index (κ1) is 178. The Balaban J connectivity index is 6.21. The van der Waals surface area contributed by atoms with Crippen molar-refractivity contribution in [2.45, 2.75) is 0 Å². The fourth-order valence-electron chi connectivity index (χ4n) is 1.61. The maximum atomic E-state index is 4.84. The van der Waals surface area contributed by atoms with Crippen molar-refractivity contribution in [3.8, 4) is 0 Å². The third kappa shape index (κ3) is 176. The summed E-state index contributed by atoms with van der Waals surface area (Å²) in [5.41, 5.74) is 0. The summed E-state index contributed by atoms with van der Waals surface area (Å²) in [6.07, 6.45) is 0. The Bertz CT molecular complexity index is 10800. The van der Waals surface area contributed by atoms with E-state index in [9.17, 15) is 0 Å². The van der Waals surface area contributed by atoms with Gasteiger partial charge in [0.05, 0.1) is 0 Å². The van der Waals surface area contributed by atoms with Crippen LogP contribution >= 0.6 is 0 Å². The van der Waals surface area contributed by atoms with Crippen molar-refractivity contribution in [3.63, 3.8) is 0 Å². The second-order valence-corrected chi connectivity index (χ2v) is 265. The molecule has 0 saturated carbocycles. The van der Waals surface area contributed by atoms with Crippen LogP contribution < -0.4 is 0 Å². The maximum Gasteiger partial charge on any atom is 0 e. The van der Waals surface area contributed by atoms with Crippen LogP contribution in [-0.4, -0.2) is 0 Å². The first-order valence-electron chi connectivity index (χ1n) is 24.2. The highest BCUT2D eigenvalue weighted by molar-refractivity contribution is 8.92. The molecule has 0 bridgehead atoms. The van der Waals surface area contributed by atoms with Crippen LogP contribution in [0.2, 0.25) is 0 Å². The van der Waals surface area contributed by atoms with Gasteiger partial charge in [0.25, 0.3) is 0 Å². The molecular formula is S146. The van der Waals surface area contributed by atoms with E-state index in [1.54, 1.807) is 107 Å². The van der Waals surface area contributed by atoms with Crippen LogP contribution in [0.5, 0.6) is 0 Å². The van der Waals surface area contributed by atoms with Crippen molar-refractivity contribution in [3.05, 3.63) is 0 Å². The van der Waals surface area contributed by atoms with Gasteiger partial charge in [0.1, 0.15) is 0 Å². The molecule has 0 spiro atoms. The van der Waals surface area contributed by atoms with Crippen LogP contribution in [0, 0.1) is 0 Å². The minimum Gasteiger partial charge on any atom is 0 e. The first-order valence-corrected chi connectivity index (χ1v) is 217. The van der Waals surface area contributed by atoms with Crippen molar-refractivity contribution in [2.24, 2.45) is 0 Å². The molecule has 0 unspecified atom stereocenters. The molecule has 0 atom stereocenters. The molecule has 0 rings (SSSR count). The van der Waals surface area contributed by atoms with Gasteiger partial charge >= 0.3 is 0 Å². The van der Waals surface area contributed by atoms with Crippen molar-refractivity contribution < 1.29 is 0 Å². The van der Waals surface area contributed by atoms with Gasteiger partial charge in [-0.05, 0) is 0 Å². The van der Waals surface area contributed by atoms with Crippen LogP contribution in [0.25, 0.3) is 0 Å². The molecule has 0 heterocycles. The Kier molecular flexibility index (Phi) is 216. The summed E-state index contributed by atoms with van der Waals surface area (Å²) in [6.45, 7) is 0. The molecule has 0 aromatic heterocycles. The molecule has 0 aliphatic heterocycles. The Labute approximate surface area is 1260 Å². The van der Waals surface area contributed by atoms with E-state index in [1.165, 1.54) is 17.8 Å². The molecule has 0 aliphatic carbocycles. The van der Waals surface area contributed by atoms with Crippen LogP contribution in [0.1, 0.15) is 0 Å². The van der Waals surface area contributed by atoms with Crippen LogP contribution in [-0.2, 0) is 1300 Å². The van der Waals surface area contributed by atoms with E-state index in [0.717, 1.165) is 0 Å². The van der Waals surface area contributed by atoms with Crippen LogP contribution in [0.15, 0.2) is 0 Å². The lowest BCUT2D eigenvalue weighted by Gasteiger charge is -1.41. The van der Waals surface area contributed by atoms with Gasteiger partial charge in [-0.2, -0.15) is 0 Å². The highest BCUT2D eigenvalue weighted by Crippen LogP contribution is 1.55. The minimum atomic E-state index is 1.37. The van der Waals surface area contributed by atoms with E-state index in [-0.39, 0.29) is 0 Å². The number of rotatable bonds is 0. The molecule has 0 fully saturated rings. The topological polar surface area (TPSA) is 0 Å². The lowest BCUT2D eigenvalue weighted by Crippen LogP contribution is -1.42. The number of hydrogen-bond acceptors (Lipinski definition) is 2. The second kappa shape index (κ2) is 177. The number of hydrogen-bond donors (Lipinski definition) is 0. The molecular weight excluding hydrogens is 4680 g/mol. The van der Waals surface area contributed by atoms with E-state index in [0.29, 0.717) is 0 Å². The summed E-state index contributed by atoms with van der Waals surface area (Å²) in [6, 6.07) is 0. The maximum absolute atomic E-state index is 4.84. The third-order valence-corrected chi connectivity index (χ3v) is 322. The van der Waals surface area contributed by atoms with Gasteiger partial charge in [0, 0.05) is 1300 Å². The molecule has 0 radical (unpaired) electrons. The lowest BCUT2D eigenvalue weighted by molar-refractivity contribution is 5.95. The lowest BCUT2D eigenvalue weighted by atomic mass is 30.7. The standard InChI is InChI=1S/S146/c1-3-5-7-9-11-13-15-17-19-21-23-25-27-29-31-33-35-37-39-41-43-45-47-49-51-53-55-57-59-61-63-65-67-69-71-73-75-77-79-81-83-85-87-89-91-93-95-97-99-101-103-105-107-109-111-113-115-117-119-121-123-125-127-129-131-133-135-137-139-141-143-145-146-144-142-140-138-136-134-132-130-128-126-124-122-120-118-116-114-112-110-108-106-104-102-100-98-96-94-92-90-88-86-84-82-80-78-76-74-72-70-68-66-64-62-60-58-56-54-52-50-48-46-44-42-40-38-36-34-32-30-28-26-24-22-20-18-16-14-12-10-8-6-4-2. The van der Waals surface area contributed by atoms with Gasteiger partial charge in [-0.15, -0.1) is 0 Å².